The van der Waals surface area contributed by atoms with E-state index in [1.54, 1.807) is 0 Å². The molecule has 1 aliphatic rings. The largest absolute Gasteiger partial charge is 0.453 e. The van der Waals surface area contributed by atoms with Crippen LogP contribution < -0.4 is 9.80 Å². The molecule has 91 heavy (non-hydrogen) atoms. The van der Waals surface area contributed by atoms with Crippen LogP contribution in [0.15, 0.2) is 276 Å². The van der Waals surface area contributed by atoms with Gasteiger partial charge in [0.05, 0.1) is 22.5 Å². The number of aryl methyl sites for hydroxylation is 4. The molecule has 4 nitrogen and oxygen atoms in total. The van der Waals surface area contributed by atoms with Crippen molar-refractivity contribution < 1.29 is 8.83 Å². The zero-order valence-electron chi connectivity index (χ0n) is 52.8. The van der Waals surface area contributed by atoms with E-state index in [2.05, 4.69) is 332 Å². The summed E-state index contributed by atoms with van der Waals surface area (Å²) in [6.45, 7) is 17.9. The third-order valence-electron chi connectivity index (χ3n) is 19.6. The molecule has 0 aliphatic heterocycles. The minimum absolute atomic E-state index is 0.356. The smallest absolute Gasteiger partial charge is 0.159 e. The maximum absolute atomic E-state index is 7.45. The highest BCUT2D eigenvalue weighted by Gasteiger charge is 2.48. The average Bonchev–Trinajstić information content (AvgIpc) is 1.54. The first kappa shape index (κ1) is 55.6. The standard InChI is InChI=1S/C87H70N2O2/c1-53(2)59-41-45-63(46-42-59)88(77-39-21-35-70-68-33-19-37-73(83(68)90-85(70)77)80-55(5)23-17-24-56(80)6)65-49-50-72-75(51-65)87(61-27-11-9-12-28-61,62-29-13-10-14-30-62)76-52-79(66-31-15-16-32-67(66)82(72)76)89(64-47-43-60(44-48-64)54(3)4)78-40-22-36-71-69-34-20-38-74(84(69)91-86(71)78)81-57(7)25-18-26-58(81)8/h9-54H,1-8H3. The third kappa shape index (κ3) is 8.71. The molecule has 0 fully saturated rings. The molecule has 15 aromatic rings. The lowest BCUT2D eigenvalue weighted by atomic mass is 9.67. The van der Waals surface area contributed by atoms with Crippen molar-refractivity contribution in [3.8, 4) is 33.4 Å². The Morgan fingerprint density at radius 1 is 0.286 bits per heavy atom. The highest BCUT2D eigenvalue weighted by molar-refractivity contribution is 6.17. The number of para-hydroxylation sites is 4. The molecule has 16 rings (SSSR count). The number of nitrogens with zero attached hydrogens (tertiary/aromatic N) is 2. The van der Waals surface area contributed by atoms with Gasteiger partial charge in [0.1, 0.15) is 11.2 Å². The summed E-state index contributed by atoms with van der Waals surface area (Å²) in [4.78, 5) is 4.91. The number of hydrogen-bond acceptors (Lipinski definition) is 4. The summed E-state index contributed by atoms with van der Waals surface area (Å²) in [5.74, 6) is 0.720. The maximum Gasteiger partial charge on any atom is 0.159 e. The van der Waals surface area contributed by atoms with Gasteiger partial charge in [0.25, 0.3) is 0 Å². The summed E-state index contributed by atoms with van der Waals surface area (Å²) >= 11 is 0. The fourth-order valence-electron chi connectivity index (χ4n) is 15.3. The Bertz CT molecular complexity index is 5260. The summed E-state index contributed by atoms with van der Waals surface area (Å²) in [5, 5.41) is 6.63. The van der Waals surface area contributed by atoms with Crippen LogP contribution in [0.2, 0.25) is 0 Å². The molecule has 0 saturated heterocycles. The molecule has 0 bridgehead atoms. The van der Waals surface area contributed by atoms with Crippen molar-refractivity contribution in [3.05, 3.63) is 323 Å². The summed E-state index contributed by atoms with van der Waals surface area (Å²) in [5.41, 5.74) is 28.0. The van der Waals surface area contributed by atoms with Crippen LogP contribution in [-0.2, 0) is 5.41 Å². The maximum atomic E-state index is 7.45. The van der Waals surface area contributed by atoms with E-state index in [0.717, 1.165) is 94.5 Å². The number of anilines is 6. The molecule has 2 aromatic heterocycles. The van der Waals surface area contributed by atoms with Crippen LogP contribution in [0.5, 0.6) is 0 Å². The monoisotopic (exact) mass is 1170 g/mol. The van der Waals surface area contributed by atoms with E-state index < -0.39 is 5.41 Å². The van der Waals surface area contributed by atoms with E-state index in [4.69, 9.17) is 8.83 Å². The summed E-state index contributed by atoms with van der Waals surface area (Å²) in [6.07, 6.45) is 0. The lowest BCUT2D eigenvalue weighted by molar-refractivity contribution is 0.669. The van der Waals surface area contributed by atoms with E-state index in [-0.39, 0.29) is 0 Å². The van der Waals surface area contributed by atoms with Gasteiger partial charge in [0.15, 0.2) is 11.2 Å². The Kier molecular flexibility index (Phi) is 13.3. The Morgan fingerprint density at radius 3 is 1.16 bits per heavy atom. The van der Waals surface area contributed by atoms with Crippen LogP contribution in [-0.4, -0.2) is 0 Å². The van der Waals surface area contributed by atoms with Crippen LogP contribution in [0.4, 0.5) is 34.1 Å². The first-order valence-corrected chi connectivity index (χ1v) is 32.1. The van der Waals surface area contributed by atoms with Crippen molar-refractivity contribution in [1.29, 1.82) is 0 Å². The molecular weight excluding hydrogens is 1100 g/mol. The number of fused-ring (bicyclic) bond motifs is 11. The van der Waals surface area contributed by atoms with Crippen molar-refractivity contribution in [1.82, 2.24) is 0 Å². The van der Waals surface area contributed by atoms with Crippen LogP contribution in [0.3, 0.4) is 0 Å². The second-order valence-corrected chi connectivity index (χ2v) is 25.6. The van der Waals surface area contributed by atoms with E-state index in [1.165, 1.54) is 83.3 Å². The normalized spacial score (nSPS) is 12.7. The van der Waals surface area contributed by atoms with E-state index in [1.807, 2.05) is 0 Å². The number of benzene rings is 13. The molecule has 0 saturated carbocycles. The van der Waals surface area contributed by atoms with Gasteiger partial charge in [-0.25, -0.2) is 0 Å². The first-order chi connectivity index (χ1) is 44.5. The topological polar surface area (TPSA) is 32.8 Å². The van der Waals surface area contributed by atoms with Crippen LogP contribution in [0.25, 0.3) is 88.0 Å². The molecule has 0 atom stereocenters. The van der Waals surface area contributed by atoms with E-state index >= 15 is 0 Å². The molecule has 13 aromatic carbocycles. The fourth-order valence-corrected chi connectivity index (χ4v) is 15.3. The summed E-state index contributed by atoms with van der Waals surface area (Å²) in [6, 6.07) is 99.3. The Hall–Kier alpha value is -10.7. The van der Waals surface area contributed by atoms with Crippen molar-refractivity contribution in [2.75, 3.05) is 9.80 Å². The predicted octanol–water partition coefficient (Wildman–Crippen LogP) is 24.8. The van der Waals surface area contributed by atoms with Crippen molar-refractivity contribution in [2.45, 2.75) is 72.6 Å². The molecule has 0 unspecified atom stereocenters. The fraction of sp³-hybridized carbons (Fsp3) is 0.126. The molecule has 0 amide bonds. The van der Waals surface area contributed by atoms with Gasteiger partial charge in [-0.3, -0.25) is 0 Å². The van der Waals surface area contributed by atoms with Gasteiger partial charge < -0.3 is 18.6 Å². The van der Waals surface area contributed by atoms with Gasteiger partial charge in [-0.05, 0) is 177 Å². The number of hydrogen-bond donors (Lipinski definition) is 0. The minimum atomic E-state index is -0.820. The molecule has 0 radical (unpaired) electrons. The molecular formula is C87H70N2O2. The minimum Gasteiger partial charge on any atom is -0.453 e. The molecule has 4 heteroatoms. The average molecular weight is 1180 g/mol. The van der Waals surface area contributed by atoms with Crippen LogP contribution in [0.1, 0.15) is 95.2 Å². The van der Waals surface area contributed by atoms with Crippen LogP contribution >= 0.6 is 0 Å². The zero-order chi connectivity index (χ0) is 61.8. The summed E-state index contributed by atoms with van der Waals surface area (Å²) in [7, 11) is 0. The molecule has 2 heterocycles. The second kappa shape index (κ2) is 21.8. The lowest BCUT2D eigenvalue weighted by Crippen LogP contribution is -2.29. The lowest BCUT2D eigenvalue weighted by Gasteiger charge is -2.36. The highest BCUT2D eigenvalue weighted by atomic mass is 16.3. The molecule has 0 spiro atoms. The quantitative estimate of drug-likeness (QED) is 0.122. The molecule has 0 N–H and O–H groups in total. The molecule has 440 valence electrons. The number of furan rings is 2. The van der Waals surface area contributed by atoms with Gasteiger partial charge >= 0.3 is 0 Å². The predicted molar refractivity (Wildman–Crippen MR) is 383 cm³/mol. The Morgan fingerprint density at radius 2 is 0.681 bits per heavy atom. The van der Waals surface area contributed by atoms with Gasteiger partial charge in [0.2, 0.25) is 0 Å². The van der Waals surface area contributed by atoms with Crippen molar-refractivity contribution in [3.63, 3.8) is 0 Å². The zero-order valence-corrected chi connectivity index (χ0v) is 52.8. The van der Waals surface area contributed by atoms with Gasteiger partial charge in [-0.1, -0.05) is 240 Å². The third-order valence-corrected chi connectivity index (χ3v) is 19.6. The van der Waals surface area contributed by atoms with Gasteiger partial charge in [0, 0.05) is 55.1 Å². The highest BCUT2D eigenvalue weighted by Crippen LogP contribution is 2.61. The first-order valence-electron chi connectivity index (χ1n) is 32.1. The van der Waals surface area contributed by atoms with Gasteiger partial charge in [-0.2, -0.15) is 0 Å². The number of rotatable bonds is 12. The van der Waals surface area contributed by atoms with E-state index in [9.17, 15) is 0 Å². The van der Waals surface area contributed by atoms with Crippen molar-refractivity contribution in [2.24, 2.45) is 0 Å². The van der Waals surface area contributed by atoms with Crippen LogP contribution in [0, 0.1) is 27.7 Å². The SMILES string of the molecule is Cc1cccc(C)c1-c1cccc2c1oc1c(N(c3ccc(C(C)C)cc3)c3ccc4c(c3)C(c3ccccc3)(c3ccccc3)c3cc(N(c5ccc(C(C)C)cc5)c5cccc6c5oc5c(-c7c(C)cccc7C)cccc56)c5ccccc5c3-4)cccc12. The molecule has 1 aliphatic carbocycles. The Balaban J connectivity index is 0.978. The van der Waals surface area contributed by atoms with E-state index in [0.29, 0.717) is 11.8 Å². The van der Waals surface area contributed by atoms with Crippen molar-refractivity contribution >= 4 is 88.8 Å². The summed E-state index contributed by atoms with van der Waals surface area (Å²) < 4.78 is 14.8. The van der Waals surface area contributed by atoms with Gasteiger partial charge in [-0.15, -0.1) is 0 Å². The Labute approximate surface area is 532 Å². The second-order valence-electron chi connectivity index (χ2n) is 25.6.